The molecule has 5 heteroatoms. The molecule has 1 fully saturated rings. The van der Waals surface area contributed by atoms with Gasteiger partial charge in [0.25, 0.3) is 0 Å². The minimum Gasteiger partial charge on any atom is -0.368 e. The van der Waals surface area contributed by atoms with E-state index in [-0.39, 0.29) is 37.0 Å². The Balaban J connectivity index is 1.93. The van der Waals surface area contributed by atoms with Crippen LogP contribution in [0.25, 0.3) is 0 Å². The topological polar surface area (TPSA) is 58.6 Å². The van der Waals surface area contributed by atoms with Crippen LogP contribution in [0.3, 0.4) is 0 Å². The quantitative estimate of drug-likeness (QED) is 0.839. The number of hydrogen-bond donors (Lipinski definition) is 1. The molecule has 0 unspecified atom stereocenters. The van der Waals surface area contributed by atoms with E-state index in [1.54, 1.807) is 14.1 Å². The molecule has 23 heavy (non-hydrogen) atoms. The van der Waals surface area contributed by atoms with Crippen molar-refractivity contribution in [1.82, 2.24) is 10.2 Å². The average Bonchev–Trinajstić information content (AvgIpc) is 3.06. The lowest BCUT2D eigenvalue weighted by Gasteiger charge is -2.21. The van der Waals surface area contributed by atoms with Gasteiger partial charge < -0.3 is 15.0 Å². The molecule has 0 saturated heterocycles. The maximum atomic E-state index is 12.2. The van der Waals surface area contributed by atoms with E-state index in [2.05, 4.69) is 5.32 Å². The zero-order valence-electron chi connectivity index (χ0n) is 14.0. The molecule has 126 valence electrons. The molecular weight excluding hydrogens is 292 g/mol. The maximum Gasteiger partial charge on any atom is 0.246 e. The fourth-order valence-electron chi connectivity index (χ4n) is 2.78. The summed E-state index contributed by atoms with van der Waals surface area (Å²) in [7, 11) is 3.44. The smallest absolute Gasteiger partial charge is 0.246 e. The minimum atomic E-state index is -0.328. The summed E-state index contributed by atoms with van der Waals surface area (Å²) in [5.41, 5.74) is 0.928. The lowest BCUT2D eigenvalue weighted by molar-refractivity contribution is -0.131. The van der Waals surface area contributed by atoms with E-state index in [9.17, 15) is 9.59 Å². The van der Waals surface area contributed by atoms with E-state index >= 15 is 0 Å². The van der Waals surface area contributed by atoms with Crippen LogP contribution >= 0.6 is 0 Å². The van der Waals surface area contributed by atoms with Crippen molar-refractivity contribution in [3.8, 4) is 0 Å². The van der Waals surface area contributed by atoms with Gasteiger partial charge >= 0.3 is 0 Å². The van der Waals surface area contributed by atoms with E-state index < -0.39 is 0 Å². The van der Waals surface area contributed by atoms with Crippen LogP contribution in [0.1, 0.15) is 43.7 Å². The Labute approximate surface area is 138 Å². The summed E-state index contributed by atoms with van der Waals surface area (Å²) in [4.78, 5) is 25.7. The van der Waals surface area contributed by atoms with Crippen LogP contribution < -0.4 is 5.32 Å². The predicted octanol–water partition coefficient (Wildman–Crippen LogP) is 2.28. The standard InChI is InChI=1S/C18H26N2O3/c1-20(2)18(22)12-16(14-8-4-3-5-9-14)19-17(21)13-23-15-10-6-7-11-15/h3-5,8-9,15-16H,6-7,10-13H2,1-2H3,(H,19,21)/t16-/m1/s1. The second kappa shape index (κ2) is 8.67. The van der Waals surface area contributed by atoms with Crippen LogP contribution in [0.15, 0.2) is 30.3 Å². The average molecular weight is 318 g/mol. The third-order valence-corrected chi connectivity index (χ3v) is 4.17. The van der Waals surface area contributed by atoms with Gasteiger partial charge in [-0.1, -0.05) is 43.2 Å². The molecule has 2 rings (SSSR count). The largest absolute Gasteiger partial charge is 0.368 e. The molecule has 1 aromatic carbocycles. The van der Waals surface area contributed by atoms with E-state index in [1.165, 1.54) is 17.7 Å². The molecule has 5 nitrogen and oxygen atoms in total. The van der Waals surface area contributed by atoms with Crippen LogP contribution in [0.2, 0.25) is 0 Å². The molecule has 0 bridgehead atoms. The number of rotatable bonds is 7. The van der Waals surface area contributed by atoms with Gasteiger partial charge in [0.15, 0.2) is 0 Å². The maximum absolute atomic E-state index is 12.2. The SMILES string of the molecule is CN(C)C(=O)C[C@@H](NC(=O)COC1CCCC1)c1ccccc1. The summed E-state index contributed by atoms with van der Waals surface area (Å²) in [5.74, 6) is -0.187. The van der Waals surface area contributed by atoms with Crippen molar-refractivity contribution in [1.29, 1.82) is 0 Å². The van der Waals surface area contributed by atoms with Gasteiger partial charge in [0.1, 0.15) is 6.61 Å². The van der Waals surface area contributed by atoms with Gasteiger partial charge in [-0.25, -0.2) is 0 Å². The zero-order chi connectivity index (χ0) is 16.7. The van der Waals surface area contributed by atoms with Gasteiger partial charge in [0, 0.05) is 14.1 Å². The highest BCUT2D eigenvalue weighted by Crippen LogP contribution is 2.21. The zero-order valence-corrected chi connectivity index (χ0v) is 14.0. The number of carbonyl (C=O) groups is 2. The molecule has 1 atom stereocenters. The molecular formula is C18H26N2O3. The number of carbonyl (C=O) groups excluding carboxylic acids is 2. The third-order valence-electron chi connectivity index (χ3n) is 4.17. The number of benzene rings is 1. The number of nitrogens with zero attached hydrogens (tertiary/aromatic N) is 1. The molecule has 0 heterocycles. The molecule has 1 aliphatic rings. The Morgan fingerprint density at radius 2 is 1.87 bits per heavy atom. The van der Waals surface area contributed by atoms with Crippen LogP contribution in [0.4, 0.5) is 0 Å². The second-order valence-electron chi connectivity index (χ2n) is 6.24. The first-order valence-electron chi connectivity index (χ1n) is 8.22. The lowest BCUT2D eigenvalue weighted by Crippen LogP contribution is -2.36. The highest BCUT2D eigenvalue weighted by atomic mass is 16.5. The van der Waals surface area contributed by atoms with Gasteiger partial charge in [-0.05, 0) is 18.4 Å². The summed E-state index contributed by atoms with van der Waals surface area (Å²) in [6.45, 7) is 0.0597. The molecule has 1 N–H and O–H groups in total. The summed E-state index contributed by atoms with van der Waals surface area (Å²) in [5, 5.41) is 2.93. The first-order chi connectivity index (χ1) is 11.1. The number of ether oxygens (including phenoxy) is 1. The Morgan fingerprint density at radius 3 is 2.48 bits per heavy atom. The Morgan fingerprint density at radius 1 is 1.22 bits per heavy atom. The normalized spacial score (nSPS) is 16.1. The number of nitrogens with one attached hydrogen (secondary N) is 1. The lowest BCUT2D eigenvalue weighted by atomic mass is 10.0. The van der Waals surface area contributed by atoms with Gasteiger partial charge in [0.05, 0.1) is 18.6 Å². The van der Waals surface area contributed by atoms with Gasteiger partial charge in [-0.2, -0.15) is 0 Å². The van der Waals surface area contributed by atoms with Crippen LogP contribution in [-0.4, -0.2) is 43.5 Å². The Bertz CT molecular complexity index is 510. The van der Waals surface area contributed by atoms with Crippen molar-refractivity contribution in [3.63, 3.8) is 0 Å². The molecule has 0 aliphatic heterocycles. The minimum absolute atomic E-state index is 0.0177. The van der Waals surface area contributed by atoms with Crippen molar-refractivity contribution < 1.29 is 14.3 Å². The summed E-state index contributed by atoms with van der Waals surface area (Å²) in [6, 6.07) is 9.25. The number of amides is 2. The number of hydrogen-bond acceptors (Lipinski definition) is 3. The van der Waals surface area contributed by atoms with Gasteiger partial charge in [-0.3, -0.25) is 9.59 Å². The Kier molecular flexibility index (Phi) is 6.59. The highest BCUT2D eigenvalue weighted by molar-refractivity contribution is 5.80. The van der Waals surface area contributed by atoms with Crippen molar-refractivity contribution in [2.24, 2.45) is 0 Å². The fourth-order valence-corrected chi connectivity index (χ4v) is 2.78. The van der Waals surface area contributed by atoms with Crippen LogP contribution in [-0.2, 0) is 14.3 Å². The molecule has 0 aromatic heterocycles. The van der Waals surface area contributed by atoms with Gasteiger partial charge in [0.2, 0.25) is 11.8 Å². The van der Waals surface area contributed by atoms with E-state index in [0.717, 1.165) is 18.4 Å². The first kappa shape index (κ1) is 17.5. The van der Waals surface area contributed by atoms with E-state index in [1.807, 2.05) is 30.3 Å². The molecule has 2 amide bonds. The predicted molar refractivity (Wildman–Crippen MR) is 88.8 cm³/mol. The van der Waals surface area contributed by atoms with Crippen LogP contribution in [0.5, 0.6) is 0 Å². The van der Waals surface area contributed by atoms with Crippen molar-refractivity contribution in [2.45, 2.75) is 44.2 Å². The van der Waals surface area contributed by atoms with E-state index in [0.29, 0.717) is 0 Å². The fraction of sp³-hybridized carbons (Fsp3) is 0.556. The van der Waals surface area contributed by atoms with E-state index in [4.69, 9.17) is 4.74 Å². The first-order valence-corrected chi connectivity index (χ1v) is 8.22. The molecule has 1 saturated carbocycles. The van der Waals surface area contributed by atoms with Crippen molar-refractivity contribution in [3.05, 3.63) is 35.9 Å². The third kappa shape index (κ3) is 5.67. The highest BCUT2D eigenvalue weighted by Gasteiger charge is 2.21. The second-order valence-corrected chi connectivity index (χ2v) is 6.24. The molecule has 0 radical (unpaired) electrons. The summed E-state index contributed by atoms with van der Waals surface area (Å²) in [6.07, 6.45) is 4.88. The Hall–Kier alpha value is -1.88. The summed E-state index contributed by atoms with van der Waals surface area (Å²) < 4.78 is 5.65. The monoisotopic (exact) mass is 318 g/mol. The molecule has 1 aromatic rings. The van der Waals surface area contributed by atoms with Crippen molar-refractivity contribution in [2.75, 3.05) is 20.7 Å². The van der Waals surface area contributed by atoms with Gasteiger partial charge in [-0.15, -0.1) is 0 Å². The summed E-state index contributed by atoms with van der Waals surface area (Å²) >= 11 is 0. The van der Waals surface area contributed by atoms with Crippen molar-refractivity contribution >= 4 is 11.8 Å². The molecule has 0 spiro atoms. The molecule has 1 aliphatic carbocycles. The van der Waals surface area contributed by atoms with Crippen LogP contribution in [0, 0.1) is 0 Å².